The zero-order valence-corrected chi connectivity index (χ0v) is 12.9. The van der Waals surface area contributed by atoms with E-state index in [1.165, 1.54) is 0 Å². The van der Waals surface area contributed by atoms with Crippen molar-refractivity contribution < 1.29 is 9.21 Å². The number of carbonyl (C=O) groups excluding carboxylic acids is 1. The van der Waals surface area contributed by atoms with Crippen LogP contribution < -0.4 is 5.32 Å². The van der Waals surface area contributed by atoms with Gasteiger partial charge in [-0.2, -0.15) is 0 Å². The minimum absolute atomic E-state index is 0.0359. The van der Waals surface area contributed by atoms with Crippen molar-refractivity contribution in [2.24, 2.45) is 5.41 Å². The van der Waals surface area contributed by atoms with Gasteiger partial charge in [-0.05, 0) is 30.0 Å². The lowest BCUT2D eigenvalue weighted by Crippen LogP contribution is -2.36. The number of hydrogen-bond acceptors (Lipinski definition) is 2. The molecule has 4 heteroatoms. The summed E-state index contributed by atoms with van der Waals surface area (Å²) >= 11 is 6.09. The second-order valence-corrected chi connectivity index (χ2v) is 6.76. The first-order chi connectivity index (χ1) is 9.96. The number of carbonyl (C=O) groups is 1. The van der Waals surface area contributed by atoms with E-state index in [0.717, 1.165) is 24.2 Å². The first-order valence-electron chi connectivity index (χ1n) is 7.08. The number of benzene rings is 1. The molecule has 1 atom stereocenters. The molecule has 1 heterocycles. The molecular weight excluding hydrogens is 286 g/mol. The Hall–Kier alpha value is -1.74. The normalized spacial score (nSPS) is 19.9. The molecular formula is C17H18ClNO2. The summed E-state index contributed by atoms with van der Waals surface area (Å²) in [6.07, 6.45) is 3.48. The highest BCUT2D eigenvalue weighted by atomic mass is 35.5. The number of nitrogens with one attached hydrogen (secondary N) is 1. The number of hydrogen-bond donors (Lipinski definition) is 1. The number of furan rings is 1. The molecule has 21 heavy (non-hydrogen) atoms. The second kappa shape index (κ2) is 5.23. The molecule has 3 rings (SSSR count). The van der Waals surface area contributed by atoms with Crippen molar-refractivity contribution in [2.45, 2.75) is 32.7 Å². The van der Waals surface area contributed by atoms with Gasteiger partial charge in [0.25, 0.3) is 5.91 Å². The molecule has 1 aromatic carbocycles. The Morgan fingerprint density at radius 1 is 1.33 bits per heavy atom. The van der Waals surface area contributed by atoms with E-state index in [-0.39, 0.29) is 17.4 Å². The van der Waals surface area contributed by atoms with Gasteiger partial charge in [0.1, 0.15) is 5.76 Å². The molecule has 1 aliphatic rings. The molecule has 1 unspecified atom stereocenters. The molecule has 0 saturated heterocycles. The summed E-state index contributed by atoms with van der Waals surface area (Å²) in [5, 5.41) is 3.56. The standard InChI is InChI=1S/C17H18ClNO2/c1-17(2)9-14(12-7-8-21-15(12)10-17)19-16(20)11-5-3-4-6-13(11)18/h3-8,14H,9-10H2,1-2H3,(H,19,20). The molecule has 2 aromatic rings. The summed E-state index contributed by atoms with van der Waals surface area (Å²) < 4.78 is 5.56. The fraction of sp³-hybridized carbons (Fsp3) is 0.353. The summed E-state index contributed by atoms with van der Waals surface area (Å²) in [4.78, 5) is 12.5. The van der Waals surface area contributed by atoms with E-state index in [1.807, 2.05) is 18.2 Å². The molecule has 0 bridgehead atoms. The first kappa shape index (κ1) is 14.2. The number of fused-ring (bicyclic) bond motifs is 1. The van der Waals surface area contributed by atoms with Gasteiger partial charge in [0.2, 0.25) is 0 Å². The summed E-state index contributed by atoms with van der Waals surface area (Å²) in [7, 11) is 0. The lowest BCUT2D eigenvalue weighted by molar-refractivity contribution is 0.0917. The average Bonchev–Trinajstić information content (AvgIpc) is 2.85. The van der Waals surface area contributed by atoms with Crippen LogP contribution in [0.4, 0.5) is 0 Å². The number of rotatable bonds is 2. The Balaban J connectivity index is 1.86. The van der Waals surface area contributed by atoms with Crippen molar-refractivity contribution in [2.75, 3.05) is 0 Å². The van der Waals surface area contributed by atoms with Gasteiger partial charge in [-0.25, -0.2) is 0 Å². The maximum atomic E-state index is 12.5. The van der Waals surface area contributed by atoms with Gasteiger partial charge in [0.15, 0.2) is 0 Å². The number of amides is 1. The fourth-order valence-corrected chi connectivity index (χ4v) is 3.21. The molecule has 1 aromatic heterocycles. The van der Waals surface area contributed by atoms with Crippen molar-refractivity contribution in [3.8, 4) is 0 Å². The maximum absolute atomic E-state index is 12.5. The van der Waals surface area contributed by atoms with E-state index in [9.17, 15) is 4.79 Å². The second-order valence-electron chi connectivity index (χ2n) is 6.35. The fourth-order valence-electron chi connectivity index (χ4n) is 2.98. The summed E-state index contributed by atoms with van der Waals surface area (Å²) in [6.45, 7) is 4.38. The predicted octanol–water partition coefficient (Wildman–Crippen LogP) is 4.38. The number of halogens is 1. The zero-order valence-electron chi connectivity index (χ0n) is 12.2. The average molecular weight is 304 g/mol. The zero-order chi connectivity index (χ0) is 15.0. The van der Waals surface area contributed by atoms with Gasteiger partial charge < -0.3 is 9.73 Å². The molecule has 1 aliphatic carbocycles. The topological polar surface area (TPSA) is 42.2 Å². The van der Waals surface area contributed by atoms with Crippen molar-refractivity contribution in [3.05, 3.63) is 58.5 Å². The van der Waals surface area contributed by atoms with Crippen LogP contribution in [0.5, 0.6) is 0 Å². The Bertz CT molecular complexity index is 675. The Morgan fingerprint density at radius 2 is 2.10 bits per heavy atom. The Kier molecular flexibility index (Phi) is 3.54. The highest BCUT2D eigenvalue weighted by Gasteiger charge is 2.35. The van der Waals surface area contributed by atoms with Gasteiger partial charge in [0.05, 0.1) is 22.9 Å². The third-order valence-corrected chi connectivity index (χ3v) is 4.30. The van der Waals surface area contributed by atoms with Crippen LogP contribution in [-0.2, 0) is 6.42 Å². The molecule has 0 radical (unpaired) electrons. The van der Waals surface area contributed by atoms with Crippen LogP contribution in [0.15, 0.2) is 41.0 Å². The van der Waals surface area contributed by atoms with Gasteiger partial charge in [-0.1, -0.05) is 37.6 Å². The van der Waals surface area contributed by atoms with Crippen LogP contribution in [0.3, 0.4) is 0 Å². The monoisotopic (exact) mass is 303 g/mol. The highest BCUT2D eigenvalue weighted by molar-refractivity contribution is 6.33. The Labute approximate surface area is 129 Å². The predicted molar refractivity (Wildman–Crippen MR) is 82.5 cm³/mol. The van der Waals surface area contributed by atoms with E-state index < -0.39 is 0 Å². The molecule has 110 valence electrons. The van der Waals surface area contributed by atoms with Crippen LogP contribution in [0.1, 0.15) is 48.0 Å². The van der Waals surface area contributed by atoms with Crippen LogP contribution >= 0.6 is 11.6 Å². The van der Waals surface area contributed by atoms with Crippen molar-refractivity contribution >= 4 is 17.5 Å². The third-order valence-electron chi connectivity index (χ3n) is 3.97. The van der Waals surface area contributed by atoms with Gasteiger partial charge in [-0.15, -0.1) is 0 Å². The molecule has 1 N–H and O–H groups in total. The van der Waals surface area contributed by atoms with Crippen molar-refractivity contribution in [1.82, 2.24) is 5.32 Å². The van der Waals surface area contributed by atoms with Crippen molar-refractivity contribution in [1.29, 1.82) is 0 Å². The summed E-state index contributed by atoms with van der Waals surface area (Å²) in [5.74, 6) is 0.825. The quantitative estimate of drug-likeness (QED) is 0.894. The van der Waals surface area contributed by atoms with E-state index >= 15 is 0 Å². The first-order valence-corrected chi connectivity index (χ1v) is 7.46. The highest BCUT2D eigenvalue weighted by Crippen LogP contribution is 2.41. The lowest BCUT2D eigenvalue weighted by Gasteiger charge is -2.34. The summed E-state index contributed by atoms with van der Waals surface area (Å²) in [6, 6.07) is 9.01. The van der Waals surface area contributed by atoms with E-state index in [1.54, 1.807) is 18.4 Å². The minimum Gasteiger partial charge on any atom is -0.469 e. The molecule has 0 aliphatic heterocycles. The van der Waals surface area contributed by atoms with E-state index in [2.05, 4.69) is 19.2 Å². The van der Waals surface area contributed by atoms with E-state index in [4.69, 9.17) is 16.0 Å². The van der Waals surface area contributed by atoms with Gasteiger partial charge in [-0.3, -0.25) is 4.79 Å². The molecule has 0 spiro atoms. The smallest absolute Gasteiger partial charge is 0.253 e. The van der Waals surface area contributed by atoms with Crippen LogP contribution in [-0.4, -0.2) is 5.91 Å². The SMILES string of the molecule is CC1(C)Cc2occc2C(NC(=O)c2ccccc2Cl)C1. The maximum Gasteiger partial charge on any atom is 0.253 e. The Morgan fingerprint density at radius 3 is 2.86 bits per heavy atom. The lowest BCUT2D eigenvalue weighted by atomic mass is 9.74. The van der Waals surface area contributed by atoms with E-state index in [0.29, 0.717) is 10.6 Å². The van der Waals surface area contributed by atoms with Gasteiger partial charge in [0, 0.05) is 12.0 Å². The molecule has 0 fully saturated rings. The summed E-state index contributed by atoms with van der Waals surface area (Å²) in [5.41, 5.74) is 1.69. The van der Waals surface area contributed by atoms with Crippen molar-refractivity contribution in [3.63, 3.8) is 0 Å². The molecule has 3 nitrogen and oxygen atoms in total. The van der Waals surface area contributed by atoms with Crippen LogP contribution in [0.25, 0.3) is 0 Å². The van der Waals surface area contributed by atoms with Gasteiger partial charge >= 0.3 is 0 Å². The third kappa shape index (κ3) is 2.84. The molecule has 1 amide bonds. The van der Waals surface area contributed by atoms with Crippen LogP contribution in [0.2, 0.25) is 5.02 Å². The van der Waals surface area contributed by atoms with Crippen LogP contribution in [0, 0.1) is 5.41 Å². The minimum atomic E-state index is -0.143. The largest absolute Gasteiger partial charge is 0.469 e. The molecule has 0 saturated carbocycles.